The van der Waals surface area contributed by atoms with Crippen LogP contribution in [0.5, 0.6) is 0 Å². The lowest BCUT2D eigenvalue weighted by Gasteiger charge is -2.14. The van der Waals surface area contributed by atoms with E-state index in [2.05, 4.69) is 347 Å². The van der Waals surface area contributed by atoms with Gasteiger partial charge >= 0.3 is 0 Å². The van der Waals surface area contributed by atoms with E-state index in [1.807, 2.05) is 34.0 Å². The van der Waals surface area contributed by atoms with Crippen LogP contribution < -0.4 is 0 Å². The summed E-state index contributed by atoms with van der Waals surface area (Å²) in [5.74, 6) is 0.644. The van der Waals surface area contributed by atoms with Crippen LogP contribution in [0.15, 0.2) is 334 Å². The highest BCUT2D eigenvalue weighted by Crippen LogP contribution is 2.45. The van der Waals surface area contributed by atoms with E-state index < -0.39 is 0 Å². The molecule has 5 nitrogen and oxygen atoms in total. The van der Waals surface area contributed by atoms with Gasteiger partial charge in [0.2, 0.25) is 0 Å². The molecule has 474 valence electrons. The molecule has 0 N–H and O–H groups in total. The van der Waals surface area contributed by atoms with Gasteiger partial charge in [-0.25, -0.2) is 9.97 Å². The molecule has 7 aromatic heterocycles. The van der Waals surface area contributed by atoms with E-state index in [-0.39, 0.29) is 0 Å². The number of hydrogen-bond donors (Lipinski definition) is 0. The van der Waals surface area contributed by atoms with Crippen LogP contribution in [-0.4, -0.2) is 23.7 Å². The van der Waals surface area contributed by atoms with Crippen LogP contribution in [0.25, 0.3) is 210 Å². The highest BCUT2D eigenvalue weighted by atomic mass is 32.1. The van der Waals surface area contributed by atoms with Crippen molar-refractivity contribution in [2.75, 3.05) is 0 Å². The summed E-state index contributed by atoms with van der Waals surface area (Å²) in [4.78, 5) is 11.1. The summed E-state index contributed by atoms with van der Waals surface area (Å²) in [5, 5.41) is 15.1. The Morgan fingerprint density at radius 2 is 0.480 bits per heavy atom. The molecule has 22 aromatic rings. The van der Waals surface area contributed by atoms with E-state index in [0.29, 0.717) is 5.82 Å². The third-order valence-electron chi connectivity index (χ3n) is 21.1. The van der Waals surface area contributed by atoms with Crippen molar-refractivity contribution in [3.05, 3.63) is 334 Å². The molecule has 0 bridgehead atoms. The predicted molar refractivity (Wildman–Crippen MR) is 436 cm³/mol. The number of fused-ring (bicyclic) bond motifs is 18. The van der Waals surface area contributed by atoms with Crippen LogP contribution in [0.3, 0.4) is 0 Å². The molecule has 8 heteroatoms. The number of hydrogen-bond acceptors (Lipinski definition) is 5. The molecule has 7 heterocycles. The van der Waals surface area contributed by atoms with Crippen LogP contribution in [0, 0.1) is 0 Å². The first-order valence-corrected chi connectivity index (χ1v) is 37.0. The maximum atomic E-state index is 5.57. The summed E-state index contributed by atoms with van der Waals surface area (Å²) < 4.78 is 15.1. The molecule has 0 fully saturated rings. The summed E-state index contributed by atoms with van der Waals surface area (Å²) >= 11 is 5.58. The van der Waals surface area contributed by atoms with E-state index in [0.717, 1.165) is 78.2 Å². The van der Waals surface area contributed by atoms with Gasteiger partial charge in [-0.3, -0.25) is 0 Å². The van der Waals surface area contributed by atoms with E-state index in [4.69, 9.17) is 9.97 Å². The van der Waals surface area contributed by atoms with Gasteiger partial charge in [0.15, 0.2) is 5.82 Å². The van der Waals surface area contributed by atoms with Crippen molar-refractivity contribution in [1.29, 1.82) is 0 Å². The lowest BCUT2D eigenvalue weighted by molar-refractivity contribution is 1.15. The van der Waals surface area contributed by atoms with Crippen molar-refractivity contribution in [3.8, 4) is 84.3 Å². The smallest absolute Gasteiger partial charge is 0.160 e. The monoisotopic (exact) mass is 1350 g/mol. The van der Waals surface area contributed by atoms with Gasteiger partial charge in [0, 0.05) is 127 Å². The second-order valence-corrected chi connectivity index (χ2v) is 30.0. The lowest BCUT2D eigenvalue weighted by atomic mass is 10.0. The molecule has 102 heavy (non-hydrogen) atoms. The van der Waals surface area contributed by atoms with Crippen LogP contribution in [0.1, 0.15) is 0 Å². The number of thiophene rings is 3. The molecule has 0 saturated heterocycles. The second kappa shape index (κ2) is 22.5. The summed E-state index contributed by atoms with van der Waals surface area (Å²) in [6.45, 7) is 0. The highest BCUT2D eigenvalue weighted by molar-refractivity contribution is 7.26. The quantitative estimate of drug-likeness (QED) is 0.144. The van der Waals surface area contributed by atoms with Crippen LogP contribution in [-0.2, 0) is 0 Å². The maximum Gasteiger partial charge on any atom is 0.160 e. The molecule has 0 aliphatic rings. The fourth-order valence-electron chi connectivity index (χ4n) is 16.2. The second-order valence-electron chi connectivity index (χ2n) is 26.8. The topological polar surface area (TPSA) is 40.6 Å². The van der Waals surface area contributed by atoms with Crippen molar-refractivity contribution >= 4 is 160 Å². The lowest BCUT2D eigenvalue weighted by Crippen LogP contribution is -1.99. The Kier molecular flexibility index (Phi) is 12.6. The van der Waals surface area contributed by atoms with Gasteiger partial charge in [-0.2, -0.15) is 0 Å². The van der Waals surface area contributed by atoms with Crippen molar-refractivity contribution < 1.29 is 0 Å². The van der Waals surface area contributed by atoms with Crippen molar-refractivity contribution in [3.63, 3.8) is 0 Å². The zero-order valence-corrected chi connectivity index (χ0v) is 57.2. The van der Waals surface area contributed by atoms with Crippen molar-refractivity contribution in [2.24, 2.45) is 0 Å². The van der Waals surface area contributed by atoms with Gasteiger partial charge in [0.05, 0.1) is 44.5 Å². The first-order chi connectivity index (χ1) is 50.5. The normalized spacial score (nSPS) is 12.1. The Balaban J connectivity index is 0.675. The fraction of sp³-hybridized carbons (Fsp3) is 0. The van der Waals surface area contributed by atoms with E-state index >= 15 is 0 Å². The third kappa shape index (κ3) is 9.00. The molecule has 0 spiro atoms. The standard InChI is InChI=1S/C94H55N5S3/c1-7-22-82-68(16-1)71-42-32-58(61-35-45-77-74-19-4-10-25-88(74)100-91(77)52-61)49-85(71)97(82)65-38-28-56(29-39-65)80-55-81(64-14-13-15-67(48-64)99-84-24-9-3-18-70(84)73-44-34-60(51-87(73)99)63-37-47-79-76-21-6-12-27-90(76)102-93(79)54-63)96-94(95-80)57-30-40-66(41-31-57)98-83-23-8-2-17-69(83)72-43-33-59(50-86(72)98)62-36-46-78-75-20-5-11-26-89(75)101-92(78)53-62/h1-55H. The van der Waals surface area contributed by atoms with Gasteiger partial charge in [0.1, 0.15) is 0 Å². The number of rotatable bonds is 9. The average Bonchev–Trinajstić information content (AvgIpc) is 1.58. The van der Waals surface area contributed by atoms with Crippen LogP contribution >= 0.6 is 34.0 Å². The zero-order valence-electron chi connectivity index (χ0n) is 54.7. The maximum absolute atomic E-state index is 5.57. The van der Waals surface area contributed by atoms with Crippen molar-refractivity contribution in [2.45, 2.75) is 0 Å². The highest BCUT2D eigenvalue weighted by Gasteiger charge is 2.21. The largest absolute Gasteiger partial charge is 0.309 e. The Bertz CT molecular complexity index is 6960. The van der Waals surface area contributed by atoms with Gasteiger partial charge in [-0.15, -0.1) is 34.0 Å². The Morgan fingerprint density at radius 3 is 0.892 bits per heavy atom. The minimum atomic E-state index is 0.644. The number of nitrogens with zero attached hydrogens (tertiary/aromatic N) is 5. The summed E-state index contributed by atoms with van der Waals surface area (Å²) in [7, 11) is 0. The molecule has 0 atom stereocenters. The van der Waals surface area contributed by atoms with Gasteiger partial charge < -0.3 is 13.7 Å². The Labute approximate surface area is 597 Å². The first-order valence-electron chi connectivity index (χ1n) is 34.6. The Morgan fingerprint density at radius 1 is 0.176 bits per heavy atom. The summed E-state index contributed by atoms with van der Waals surface area (Å²) in [6.07, 6.45) is 0. The van der Waals surface area contributed by atoms with Gasteiger partial charge in [-0.1, -0.05) is 206 Å². The number of aromatic nitrogens is 5. The van der Waals surface area contributed by atoms with E-state index in [1.54, 1.807) is 0 Å². The molecule has 0 radical (unpaired) electrons. The van der Waals surface area contributed by atoms with Gasteiger partial charge in [-0.05, 0) is 161 Å². The molecular weight excluding hydrogens is 1300 g/mol. The SMILES string of the molecule is c1cc(-c2cc(-c3ccc(-n4c5ccccc5c5ccc(-c6ccc7c(c6)sc6ccccc67)cc54)cc3)nc(-c3ccc(-n4c5ccccc5c5ccc(-c6ccc7c(c6)sc6ccccc67)cc54)cc3)n2)cc(-n2c3ccccc3c3ccc(-c4ccc5c(c4)sc4ccccc45)cc32)c1. The number of para-hydroxylation sites is 3. The van der Waals surface area contributed by atoms with E-state index in [9.17, 15) is 0 Å². The van der Waals surface area contributed by atoms with Crippen LogP contribution in [0.4, 0.5) is 0 Å². The molecule has 22 rings (SSSR count). The Hall–Kier alpha value is -12.6. The first kappa shape index (κ1) is 57.4. The third-order valence-corrected chi connectivity index (χ3v) is 24.5. The van der Waals surface area contributed by atoms with Crippen molar-refractivity contribution in [1.82, 2.24) is 23.7 Å². The molecule has 0 unspecified atom stereocenters. The number of benzene rings is 15. The molecular formula is C94H55N5S3. The minimum Gasteiger partial charge on any atom is -0.309 e. The average molecular weight is 1350 g/mol. The van der Waals surface area contributed by atoms with Gasteiger partial charge in [0.25, 0.3) is 0 Å². The molecule has 0 saturated carbocycles. The summed E-state index contributed by atoms with van der Waals surface area (Å²) in [5.41, 5.74) is 21.8. The predicted octanol–water partition coefficient (Wildman–Crippen LogP) is 26.9. The minimum absolute atomic E-state index is 0.644. The molecule has 0 aliphatic carbocycles. The van der Waals surface area contributed by atoms with Crippen LogP contribution in [0.2, 0.25) is 0 Å². The molecule has 0 aliphatic heterocycles. The zero-order chi connectivity index (χ0) is 66.7. The molecule has 0 amide bonds. The fourth-order valence-corrected chi connectivity index (χ4v) is 19.7. The summed E-state index contributed by atoms with van der Waals surface area (Å²) in [6, 6.07) is 123. The molecule has 15 aromatic carbocycles. The van der Waals surface area contributed by atoms with E-state index in [1.165, 1.54) is 126 Å².